The number of hydrogen-bond acceptors (Lipinski definition) is 2. The van der Waals surface area contributed by atoms with Gasteiger partial charge in [0.2, 0.25) is 0 Å². The lowest BCUT2D eigenvalue weighted by Gasteiger charge is -2.18. The van der Waals surface area contributed by atoms with Gasteiger partial charge in [-0.3, -0.25) is 0 Å². The van der Waals surface area contributed by atoms with Crippen molar-refractivity contribution in [1.29, 1.82) is 0 Å². The van der Waals surface area contributed by atoms with Gasteiger partial charge >= 0.3 is 6.09 Å². The molecule has 0 aliphatic heterocycles. The molecular weight excluding hydrogens is 310 g/mol. The van der Waals surface area contributed by atoms with Crippen LogP contribution in [0.15, 0.2) is 48.5 Å². The summed E-state index contributed by atoms with van der Waals surface area (Å²) in [7, 11) is 0. The molecule has 3 heteroatoms. The molecule has 0 radical (unpaired) electrons. The summed E-state index contributed by atoms with van der Waals surface area (Å²) < 4.78 is 5.58. The van der Waals surface area contributed by atoms with E-state index in [-0.39, 0.29) is 18.1 Å². The molecule has 126 valence electrons. The summed E-state index contributed by atoms with van der Waals surface area (Å²) in [5.41, 5.74) is 4.91. The molecule has 0 aromatic heterocycles. The highest BCUT2D eigenvalue weighted by molar-refractivity contribution is 5.79. The molecule has 0 heterocycles. The SMILES string of the molecule is C#CCC(NC(=O)OCC1c2ccccc2-c2ccccc21)C1CC1. The fourth-order valence-corrected chi connectivity index (χ4v) is 3.75. The van der Waals surface area contributed by atoms with Gasteiger partial charge in [-0.1, -0.05) is 48.5 Å². The Morgan fingerprint density at radius 2 is 1.72 bits per heavy atom. The van der Waals surface area contributed by atoms with Crippen molar-refractivity contribution in [3.05, 3.63) is 59.7 Å². The maximum Gasteiger partial charge on any atom is 0.407 e. The van der Waals surface area contributed by atoms with Crippen molar-refractivity contribution >= 4 is 6.09 Å². The topological polar surface area (TPSA) is 38.3 Å². The maximum absolute atomic E-state index is 12.2. The lowest BCUT2D eigenvalue weighted by molar-refractivity contribution is 0.138. The maximum atomic E-state index is 12.2. The van der Waals surface area contributed by atoms with Crippen LogP contribution in [-0.4, -0.2) is 18.7 Å². The second-order valence-corrected chi connectivity index (χ2v) is 6.82. The van der Waals surface area contributed by atoms with Crippen LogP contribution in [0.4, 0.5) is 4.79 Å². The van der Waals surface area contributed by atoms with E-state index in [0.29, 0.717) is 18.9 Å². The summed E-state index contributed by atoms with van der Waals surface area (Å²) in [4.78, 5) is 12.2. The average Bonchev–Trinajstić information content (AvgIpc) is 3.43. The van der Waals surface area contributed by atoms with E-state index in [4.69, 9.17) is 11.2 Å². The van der Waals surface area contributed by atoms with E-state index in [1.807, 2.05) is 24.3 Å². The Kier molecular flexibility index (Phi) is 4.19. The second kappa shape index (κ2) is 6.64. The average molecular weight is 331 g/mol. The predicted molar refractivity (Wildman–Crippen MR) is 98.2 cm³/mol. The number of hydrogen-bond donors (Lipinski definition) is 1. The van der Waals surface area contributed by atoms with Crippen LogP contribution in [0.3, 0.4) is 0 Å². The Labute approximate surface area is 148 Å². The van der Waals surface area contributed by atoms with Crippen molar-refractivity contribution in [1.82, 2.24) is 5.32 Å². The number of rotatable bonds is 5. The molecule has 0 bridgehead atoms. The number of carbonyl (C=O) groups excluding carboxylic acids is 1. The van der Waals surface area contributed by atoms with Crippen LogP contribution in [0.25, 0.3) is 11.1 Å². The van der Waals surface area contributed by atoms with Gasteiger partial charge in [-0.25, -0.2) is 4.79 Å². The van der Waals surface area contributed by atoms with Gasteiger partial charge in [0.05, 0.1) is 0 Å². The van der Waals surface area contributed by atoms with E-state index in [2.05, 4.69) is 35.5 Å². The first-order valence-corrected chi connectivity index (χ1v) is 8.83. The lowest BCUT2D eigenvalue weighted by Crippen LogP contribution is -2.37. The number of carbonyl (C=O) groups is 1. The fourth-order valence-electron chi connectivity index (χ4n) is 3.75. The highest BCUT2D eigenvalue weighted by Crippen LogP contribution is 2.44. The van der Waals surface area contributed by atoms with Crippen LogP contribution in [-0.2, 0) is 4.74 Å². The number of nitrogens with one attached hydrogen (secondary N) is 1. The van der Waals surface area contributed by atoms with E-state index < -0.39 is 0 Å². The van der Waals surface area contributed by atoms with Crippen LogP contribution in [0, 0.1) is 18.3 Å². The van der Waals surface area contributed by atoms with E-state index in [1.54, 1.807) is 0 Å². The molecule has 1 amide bonds. The van der Waals surface area contributed by atoms with Crippen molar-refractivity contribution in [2.24, 2.45) is 5.92 Å². The number of alkyl carbamates (subject to hydrolysis) is 1. The van der Waals surface area contributed by atoms with Gasteiger partial charge in [0.1, 0.15) is 6.61 Å². The highest BCUT2D eigenvalue weighted by atomic mass is 16.5. The van der Waals surface area contributed by atoms with Crippen LogP contribution in [0.1, 0.15) is 36.3 Å². The number of terminal acetylenes is 1. The quantitative estimate of drug-likeness (QED) is 0.828. The Morgan fingerprint density at radius 1 is 1.12 bits per heavy atom. The number of ether oxygens (including phenoxy) is 1. The minimum Gasteiger partial charge on any atom is -0.449 e. The molecule has 2 aliphatic carbocycles. The van der Waals surface area contributed by atoms with Gasteiger partial charge in [-0.15, -0.1) is 12.3 Å². The molecule has 4 rings (SSSR count). The Balaban J connectivity index is 1.46. The highest BCUT2D eigenvalue weighted by Gasteiger charge is 2.33. The van der Waals surface area contributed by atoms with Gasteiger partial charge in [-0.2, -0.15) is 0 Å². The molecule has 1 atom stereocenters. The van der Waals surface area contributed by atoms with Crippen LogP contribution in [0.2, 0.25) is 0 Å². The standard InChI is InChI=1S/C22H21NO2/c1-2-7-21(15-12-13-15)23-22(24)25-14-20-18-10-5-3-8-16(18)17-9-4-6-11-19(17)20/h1,3-6,8-11,15,20-21H,7,12-14H2,(H,23,24). The van der Waals surface area contributed by atoms with Gasteiger partial charge in [0, 0.05) is 18.4 Å². The van der Waals surface area contributed by atoms with E-state index in [0.717, 1.165) is 12.8 Å². The zero-order valence-corrected chi connectivity index (χ0v) is 14.1. The van der Waals surface area contributed by atoms with Crippen molar-refractivity contribution in [3.63, 3.8) is 0 Å². The summed E-state index contributed by atoms with van der Waals surface area (Å²) in [5, 5.41) is 2.95. The van der Waals surface area contributed by atoms with Gasteiger partial charge in [-0.05, 0) is 41.0 Å². The molecule has 2 aromatic rings. The Morgan fingerprint density at radius 3 is 2.28 bits per heavy atom. The summed E-state index contributed by atoms with van der Waals surface area (Å²) in [6.45, 7) is 0.341. The third-order valence-corrected chi connectivity index (χ3v) is 5.18. The van der Waals surface area contributed by atoms with Gasteiger partial charge in [0.25, 0.3) is 0 Å². The zero-order chi connectivity index (χ0) is 17.2. The number of benzene rings is 2. The monoisotopic (exact) mass is 331 g/mol. The van der Waals surface area contributed by atoms with Crippen molar-refractivity contribution in [2.45, 2.75) is 31.2 Å². The fraction of sp³-hybridized carbons (Fsp3) is 0.318. The second-order valence-electron chi connectivity index (χ2n) is 6.82. The third-order valence-electron chi connectivity index (χ3n) is 5.18. The summed E-state index contributed by atoms with van der Waals surface area (Å²) in [6.07, 6.45) is 7.88. The van der Waals surface area contributed by atoms with Gasteiger partial charge in [0.15, 0.2) is 0 Å². The predicted octanol–water partition coefficient (Wildman–Crippen LogP) is 4.33. The summed E-state index contributed by atoms with van der Waals surface area (Å²) >= 11 is 0. The smallest absolute Gasteiger partial charge is 0.407 e. The molecule has 1 saturated carbocycles. The minimum atomic E-state index is -0.367. The molecule has 0 saturated heterocycles. The minimum absolute atomic E-state index is 0.0423. The number of amides is 1. The van der Waals surface area contributed by atoms with Crippen molar-refractivity contribution in [2.75, 3.05) is 6.61 Å². The largest absolute Gasteiger partial charge is 0.449 e. The molecule has 1 unspecified atom stereocenters. The summed E-state index contributed by atoms with van der Waals surface area (Å²) in [5.74, 6) is 3.25. The van der Waals surface area contributed by atoms with Crippen molar-refractivity contribution in [3.8, 4) is 23.5 Å². The molecular formula is C22H21NO2. The van der Waals surface area contributed by atoms with Gasteiger partial charge < -0.3 is 10.1 Å². The summed E-state index contributed by atoms with van der Waals surface area (Å²) in [6, 6.07) is 16.7. The van der Waals surface area contributed by atoms with Crippen LogP contribution < -0.4 is 5.32 Å². The molecule has 25 heavy (non-hydrogen) atoms. The van der Waals surface area contributed by atoms with E-state index in [9.17, 15) is 4.79 Å². The molecule has 1 fully saturated rings. The number of fused-ring (bicyclic) bond motifs is 3. The van der Waals surface area contributed by atoms with Crippen LogP contribution in [0.5, 0.6) is 0 Å². The third kappa shape index (κ3) is 3.13. The molecule has 0 spiro atoms. The molecule has 2 aliphatic rings. The molecule has 2 aromatic carbocycles. The Bertz CT molecular complexity index is 786. The normalized spacial score (nSPS) is 16.4. The zero-order valence-electron chi connectivity index (χ0n) is 14.1. The molecule has 3 nitrogen and oxygen atoms in total. The first-order chi connectivity index (χ1) is 12.3. The lowest BCUT2D eigenvalue weighted by atomic mass is 9.98. The first-order valence-electron chi connectivity index (χ1n) is 8.83. The van der Waals surface area contributed by atoms with E-state index >= 15 is 0 Å². The van der Waals surface area contributed by atoms with E-state index in [1.165, 1.54) is 22.3 Å². The van der Waals surface area contributed by atoms with Crippen molar-refractivity contribution < 1.29 is 9.53 Å². The first kappa shape index (κ1) is 15.8. The Hall–Kier alpha value is -2.73. The molecule has 1 N–H and O–H groups in total. The van der Waals surface area contributed by atoms with Crippen LogP contribution >= 0.6 is 0 Å².